The molecule has 0 aliphatic heterocycles. The van der Waals surface area contributed by atoms with Crippen molar-refractivity contribution in [3.8, 4) is 0 Å². The van der Waals surface area contributed by atoms with E-state index in [4.69, 9.17) is 22.9 Å². The molecule has 0 radical (unpaired) electrons. The molecular weight excluding hydrogens is 343 g/mol. The molecule has 144 valence electrons. The average Bonchev–Trinajstić information content (AvgIpc) is 3.33. The van der Waals surface area contributed by atoms with Gasteiger partial charge in [0.2, 0.25) is 0 Å². The Hall–Kier alpha value is 0.420. The van der Waals surface area contributed by atoms with Crippen molar-refractivity contribution in [3.05, 3.63) is 0 Å². The highest BCUT2D eigenvalue weighted by molar-refractivity contribution is 5.85. The summed E-state index contributed by atoms with van der Waals surface area (Å²) in [6.45, 7) is 3.53. The fraction of sp³-hybridized carbons (Fsp3) is 1.00. The van der Waals surface area contributed by atoms with Crippen LogP contribution in [0.1, 0.15) is 64.2 Å². The van der Waals surface area contributed by atoms with Gasteiger partial charge in [-0.05, 0) is 112 Å². The molecule has 4 fully saturated rings. The number of hydrogen-bond donors (Lipinski definition) is 4. The molecule has 4 aliphatic rings. The van der Waals surface area contributed by atoms with Gasteiger partial charge >= 0.3 is 0 Å². The van der Waals surface area contributed by atoms with Crippen LogP contribution in [0.25, 0.3) is 0 Å². The third-order valence-electron chi connectivity index (χ3n) is 7.97. The predicted molar refractivity (Wildman–Crippen MR) is 107 cm³/mol. The van der Waals surface area contributed by atoms with Crippen LogP contribution >= 0.6 is 24.8 Å². The van der Waals surface area contributed by atoms with E-state index in [2.05, 4.69) is 0 Å². The molecule has 8 N–H and O–H groups in total. The minimum Gasteiger partial charge on any atom is -0.330 e. The highest BCUT2D eigenvalue weighted by Crippen LogP contribution is 2.61. The molecule has 4 saturated carbocycles. The van der Waals surface area contributed by atoms with Crippen LogP contribution in [0.5, 0.6) is 0 Å². The molecule has 0 spiro atoms. The summed E-state index contributed by atoms with van der Waals surface area (Å²) in [5.74, 6) is 0. The molecule has 0 heterocycles. The lowest BCUT2D eigenvalue weighted by molar-refractivity contribution is 0.285. The van der Waals surface area contributed by atoms with Crippen LogP contribution in [0.4, 0.5) is 0 Å². The number of rotatable bonds is 4. The van der Waals surface area contributed by atoms with E-state index in [-0.39, 0.29) is 24.8 Å². The summed E-state index contributed by atoms with van der Waals surface area (Å²) in [4.78, 5) is 0. The topological polar surface area (TPSA) is 104 Å². The van der Waals surface area contributed by atoms with E-state index in [0.717, 1.165) is 26.2 Å². The molecule has 0 aromatic rings. The molecule has 0 unspecified atom stereocenters. The maximum Gasteiger partial charge on any atom is -0.00203 e. The third kappa shape index (κ3) is 3.74. The lowest BCUT2D eigenvalue weighted by Gasteiger charge is -2.25. The van der Waals surface area contributed by atoms with Gasteiger partial charge in [-0.1, -0.05) is 0 Å². The van der Waals surface area contributed by atoms with Gasteiger partial charge in [0, 0.05) is 0 Å². The predicted octanol–water partition coefficient (Wildman–Crippen LogP) is 2.55. The Morgan fingerprint density at radius 1 is 0.417 bits per heavy atom. The third-order valence-corrected chi connectivity index (χ3v) is 7.97. The first-order chi connectivity index (χ1) is 10.5. The van der Waals surface area contributed by atoms with Crippen molar-refractivity contribution < 1.29 is 0 Å². The lowest BCUT2D eigenvalue weighted by atomic mass is 9.82. The smallest absolute Gasteiger partial charge is 0.00203 e. The largest absolute Gasteiger partial charge is 0.330 e. The maximum absolute atomic E-state index is 5.78. The van der Waals surface area contributed by atoms with Crippen LogP contribution in [0, 0.1) is 21.7 Å². The molecule has 4 rings (SSSR count). The second-order valence-electron chi connectivity index (χ2n) is 9.17. The zero-order valence-electron chi connectivity index (χ0n) is 15.0. The van der Waals surface area contributed by atoms with Crippen molar-refractivity contribution in [2.24, 2.45) is 44.6 Å². The molecule has 4 aliphatic carbocycles. The van der Waals surface area contributed by atoms with Crippen LogP contribution in [-0.4, -0.2) is 26.2 Å². The zero-order chi connectivity index (χ0) is 15.9. The number of halogens is 2. The summed E-state index contributed by atoms with van der Waals surface area (Å²) in [6.07, 6.45) is 13.3. The summed E-state index contributed by atoms with van der Waals surface area (Å²) in [7, 11) is 0. The van der Waals surface area contributed by atoms with Crippen molar-refractivity contribution in [2.45, 2.75) is 64.2 Å². The van der Waals surface area contributed by atoms with Crippen molar-refractivity contribution in [2.75, 3.05) is 26.2 Å². The second-order valence-corrected chi connectivity index (χ2v) is 9.17. The Balaban J connectivity index is 0.000000222. The van der Waals surface area contributed by atoms with E-state index in [1.165, 1.54) is 64.2 Å². The fourth-order valence-corrected chi connectivity index (χ4v) is 6.02. The summed E-state index contributed by atoms with van der Waals surface area (Å²) in [6, 6.07) is 0. The summed E-state index contributed by atoms with van der Waals surface area (Å²) >= 11 is 0. The highest BCUT2D eigenvalue weighted by atomic mass is 35.5. The van der Waals surface area contributed by atoms with Gasteiger partial charge in [0.25, 0.3) is 0 Å². The molecule has 0 aromatic heterocycles. The number of fused-ring (bicyclic) bond motifs is 4. The quantitative estimate of drug-likeness (QED) is 0.601. The van der Waals surface area contributed by atoms with E-state index in [1.807, 2.05) is 0 Å². The van der Waals surface area contributed by atoms with Gasteiger partial charge in [0.15, 0.2) is 0 Å². The van der Waals surface area contributed by atoms with Crippen molar-refractivity contribution in [1.29, 1.82) is 0 Å². The van der Waals surface area contributed by atoms with E-state index >= 15 is 0 Å². The fourth-order valence-electron chi connectivity index (χ4n) is 6.02. The first-order valence-corrected chi connectivity index (χ1v) is 9.29. The van der Waals surface area contributed by atoms with Gasteiger partial charge in [0.05, 0.1) is 0 Å². The van der Waals surface area contributed by atoms with Crippen LogP contribution < -0.4 is 22.9 Å². The van der Waals surface area contributed by atoms with Gasteiger partial charge in [0.1, 0.15) is 0 Å². The van der Waals surface area contributed by atoms with Gasteiger partial charge in [-0.15, -0.1) is 24.8 Å². The monoisotopic (exact) mass is 380 g/mol. The van der Waals surface area contributed by atoms with Gasteiger partial charge < -0.3 is 22.9 Å². The molecule has 0 amide bonds. The van der Waals surface area contributed by atoms with Crippen LogP contribution in [0.3, 0.4) is 0 Å². The molecular formula is C18H38Cl2N4. The highest BCUT2D eigenvalue weighted by Gasteiger charge is 2.53. The Kier molecular flexibility index (Phi) is 7.46. The van der Waals surface area contributed by atoms with Crippen LogP contribution in [-0.2, 0) is 0 Å². The molecule has 24 heavy (non-hydrogen) atoms. The van der Waals surface area contributed by atoms with Crippen molar-refractivity contribution >= 4 is 24.8 Å². The lowest BCUT2D eigenvalue weighted by Crippen LogP contribution is -2.25. The number of hydrogen-bond acceptors (Lipinski definition) is 4. The van der Waals surface area contributed by atoms with Gasteiger partial charge in [-0.2, -0.15) is 0 Å². The summed E-state index contributed by atoms with van der Waals surface area (Å²) in [5.41, 5.74) is 25.2. The van der Waals surface area contributed by atoms with E-state index in [1.54, 1.807) is 0 Å². The van der Waals surface area contributed by atoms with Crippen LogP contribution in [0.2, 0.25) is 0 Å². The molecule has 0 saturated heterocycles. The first-order valence-electron chi connectivity index (χ1n) is 9.29. The zero-order valence-corrected chi connectivity index (χ0v) is 16.7. The summed E-state index contributed by atoms with van der Waals surface area (Å²) in [5, 5.41) is 0. The normalized spacial score (nSPS) is 44.5. The second kappa shape index (κ2) is 7.98. The molecule has 6 heteroatoms. The van der Waals surface area contributed by atoms with E-state index < -0.39 is 0 Å². The van der Waals surface area contributed by atoms with Crippen molar-refractivity contribution in [3.63, 3.8) is 0 Å². The van der Waals surface area contributed by atoms with Crippen LogP contribution in [0.15, 0.2) is 0 Å². The van der Waals surface area contributed by atoms with Gasteiger partial charge in [-0.25, -0.2) is 0 Å². The Labute approximate surface area is 160 Å². The minimum atomic E-state index is 0. The minimum absolute atomic E-state index is 0. The standard InChI is InChI=1S/2C9H18N2.2ClH/c2*10-6-8-1-2-9(5-8,7-11)4-3-8;;/h2*1-7,10-11H2;2*1H. The molecule has 0 atom stereocenters. The molecule has 0 aromatic carbocycles. The Morgan fingerprint density at radius 3 is 0.667 bits per heavy atom. The van der Waals surface area contributed by atoms with Crippen molar-refractivity contribution in [1.82, 2.24) is 0 Å². The van der Waals surface area contributed by atoms with Gasteiger partial charge in [-0.3, -0.25) is 0 Å². The van der Waals surface area contributed by atoms with E-state index in [9.17, 15) is 0 Å². The van der Waals surface area contributed by atoms with E-state index in [0.29, 0.717) is 21.7 Å². The summed E-state index contributed by atoms with van der Waals surface area (Å²) < 4.78 is 0. The number of nitrogens with two attached hydrogens (primary N) is 4. The molecule has 4 bridgehead atoms. The first kappa shape index (κ1) is 22.5. The maximum atomic E-state index is 5.78. The Morgan fingerprint density at radius 2 is 0.583 bits per heavy atom. The Bertz CT molecular complexity index is 326. The molecule has 4 nitrogen and oxygen atoms in total. The SMILES string of the molecule is Cl.Cl.NCC12CCC(CN)(CC1)C2.NCC12CCC(CN)(CC1)C2. The average molecular weight is 381 g/mol.